The Balaban J connectivity index is 1.83. The topological polar surface area (TPSA) is 29.5 Å². The summed E-state index contributed by atoms with van der Waals surface area (Å²) in [6, 6.07) is 2.07. The first-order chi connectivity index (χ1) is 11.6. The van der Waals surface area contributed by atoms with E-state index in [0.717, 1.165) is 28.4 Å². The lowest BCUT2D eigenvalue weighted by Gasteiger charge is -2.65. The van der Waals surface area contributed by atoms with Crippen molar-refractivity contribution in [1.29, 1.82) is 0 Å². The largest absolute Gasteiger partial charge is 0.490 e. The summed E-state index contributed by atoms with van der Waals surface area (Å²) >= 11 is 1.70. The van der Waals surface area contributed by atoms with E-state index in [2.05, 4.69) is 46.1 Å². The predicted molar refractivity (Wildman–Crippen MR) is 104 cm³/mol. The summed E-state index contributed by atoms with van der Waals surface area (Å²) in [6.07, 6.45) is 7.94. The molecule has 0 aliphatic heterocycles. The predicted octanol–water partition coefficient (Wildman–Crippen LogP) is 5.99. The molecule has 0 amide bonds. The standard InChI is InChI=1S/C22H34O2S/c1-14(2)24-18-6-7-25-19(18)22(23,20(3,4)5)21-11-15-8-16(12-21)10-17(9-15)13-21/h6-7,14-17,23H,8-13H2,1-5H3. The van der Waals surface area contributed by atoms with Crippen molar-refractivity contribution >= 4 is 11.3 Å². The molecule has 0 spiro atoms. The van der Waals surface area contributed by atoms with Crippen LogP contribution in [0.5, 0.6) is 5.75 Å². The number of rotatable bonds is 4. The van der Waals surface area contributed by atoms with Gasteiger partial charge in [-0.25, -0.2) is 0 Å². The first kappa shape index (κ1) is 17.9. The maximum absolute atomic E-state index is 12.5. The molecule has 0 aromatic carbocycles. The Bertz CT molecular complexity index is 603. The van der Waals surface area contributed by atoms with Gasteiger partial charge in [0.25, 0.3) is 0 Å². The first-order valence-corrected chi connectivity index (χ1v) is 11.0. The molecule has 1 aromatic rings. The molecule has 140 valence electrons. The van der Waals surface area contributed by atoms with E-state index in [1.54, 1.807) is 11.3 Å². The molecular weight excluding hydrogens is 328 g/mol. The Morgan fingerprint density at radius 1 is 1.08 bits per heavy atom. The minimum absolute atomic E-state index is 0.0277. The lowest BCUT2D eigenvalue weighted by atomic mass is 9.42. The molecule has 4 aliphatic carbocycles. The van der Waals surface area contributed by atoms with Crippen LogP contribution in [-0.2, 0) is 5.60 Å². The molecule has 0 radical (unpaired) electrons. The lowest BCUT2D eigenvalue weighted by Crippen LogP contribution is -2.61. The van der Waals surface area contributed by atoms with Crippen LogP contribution in [0.1, 0.15) is 78.0 Å². The van der Waals surface area contributed by atoms with Crippen LogP contribution in [0.2, 0.25) is 0 Å². The highest BCUT2D eigenvalue weighted by atomic mass is 32.1. The fourth-order valence-electron chi connectivity index (χ4n) is 6.84. The monoisotopic (exact) mass is 362 g/mol. The Morgan fingerprint density at radius 2 is 1.60 bits per heavy atom. The summed E-state index contributed by atoms with van der Waals surface area (Å²) in [6.45, 7) is 10.8. The zero-order chi connectivity index (χ0) is 18.0. The van der Waals surface area contributed by atoms with E-state index in [0.29, 0.717) is 0 Å². The van der Waals surface area contributed by atoms with Crippen molar-refractivity contribution in [3.8, 4) is 5.75 Å². The lowest BCUT2D eigenvalue weighted by molar-refractivity contribution is -0.228. The zero-order valence-corrected chi connectivity index (χ0v) is 17.3. The summed E-state index contributed by atoms with van der Waals surface area (Å²) in [7, 11) is 0. The van der Waals surface area contributed by atoms with Gasteiger partial charge in [-0.2, -0.15) is 0 Å². The van der Waals surface area contributed by atoms with E-state index in [1.807, 2.05) is 0 Å². The second-order valence-corrected chi connectivity index (χ2v) is 11.4. The fourth-order valence-corrected chi connectivity index (χ4v) is 8.09. The van der Waals surface area contributed by atoms with Gasteiger partial charge in [0.2, 0.25) is 0 Å². The Hall–Kier alpha value is -0.540. The summed E-state index contributed by atoms with van der Waals surface area (Å²) in [5.41, 5.74) is -0.993. The summed E-state index contributed by atoms with van der Waals surface area (Å²) in [4.78, 5) is 1.08. The Kier molecular flexibility index (Phi) is 4.09. The van der Waals surface area contributed by atoms with Crippen molar-refractivity contribution in [2.24, 2.45) is 28.6 Å². The summed E-state index contributed by atoms with van der Waals surface area (Å²) in [5.74, 6) is 3.40. The number of hydrogen-bond donors (Lipinski definition) is 1. The molecule has 4 saturated carbocycles. The number of ether oxygens (including phenoxy) is 1. The van der Waals surface area contributed by atoms with Crippen molar-refractivity contribution in [1.82, 2.24) is 0 Å². The molecule has 1 N–H and O–H groups in total. The second kappa shape index (κ2) is 5.73. The molecule has 25 heavy (non-hydrogen) atoms. The highest BCUT2D eigenvalue weighted by Crippen LogP contribution is 2.70. The average Bonchev–Trinajstić information content (AvgIpc) is 2.91. The van der Waals surface area contributed by atoms with Gasteiger partial charge in [-0.15, -0.1) is 11.3 Å². The molecule has 4 bridgehead atoms. The van der Waals surface area contributed by atoms with Crippen molar-refractivity contribution in [3.05, 3.63) is 16.3 Å². The fraction of sp³-hybridized carbons (Fsp3) is 0.818. The Labute approximate surface area is 157 Å². The van der Waals surface area contributed by atoms with Crippen LogP contribution in [0.25, 0.3) is 0 Å². The van der Waals surface area contributed by atoms with E-state index in [-0.39, 0.29) is 16.9 Å². The van der Waals surface area contributed by atoms with Gasteiger partial charge < -0.3 is 9.84 Å². The molecule has 4 aliphatic rings. The van der Waals surface area contributed by atoms with Gasteiger partial charge in [0.15, 0.2) is 0 Å². The summed E-state index contributed by atoms with van der Waals surface area (Å²) < 4.78 is 6.14. The zero-order valence-electron chi connectivity index (χ0n) is 16.5. The highest BCUT2D eigenvalue weighted by molar-refractivity contribution is 7.10. The van der Waals surface area contributed by atoms with E-state index in [1.165, 1.54) is 38.5 Å². The molecule has 5 rings (SSSR count). The van der Waals surface area contributed by atoms with Crippen molar-refractivity contribution in [2.75, 3.05) is 0 Å². The van der Waals surface area contributed by atoms with Gasteiger partial charge in [0, 0.05) is 5.41 Å². The van der Waals surface area contributed by atoms with E-state index < -0.39 is 5.60 Å². The molecule has 1 heterocycles. The van der Waals surface area contributed by atoms with Crippen molar-refractivity contribution in [2.45, 2.75) is 84.8 Å². The third-order valence-electron chi connectivity index (χ3n) is 7.21. The molecule has 2 nitrogen and oxygen atoms in total. The number of thiophene rings is 1. The minimum Gasteiger partial charge on any atom is -0.490 e. The van der Waals surface area contributed by atoms with Crippen molar-refractivity contribution in [3.63, 3.8) is 0 Å². The quantitative estimate of drug-likeness (QED) is 0.713. The van der Waals surface area contributed by atoms with Crippen LogP contribution in [0.3, 0.4) is 0 Å². The van der Waals surface area contributed by atoms with Gasteiger partial charge in [0.05, 0.1) is 11.0 Å². The smallest absolute Gasteiger partial charge is 0.136 e. The van der Waals surface area contributed by atoms with E-state index in [9.17, 15) is 5.11 Å². The third-order valence-corrected chi connectivity index (χ3v) is 8.22. The minimum atomic E-state index is -0.811. The van der Waals surface area contributed by atoms with Crippen LogP contribution >= 0.6 is 11.3 Å². The van der Waals surface area contributed by atoms with Gasteiger partial charge >= 0.3 is 0 Å². The molecule has 1 aromatic heterocycles. The van der Waals surface area contributed by atoms with Crippen LogP contribution in [0.15, 0.2) is 11.4 Å². The molecule has 1 unspecified atom stereocenters. The number of hydrogen-bond acceptors (Lipinski definition) is 3. The maximum atomic E-state index is 12.5. The SMILES string of the molecule is CC(C)Oc1ccsc1C(O)(C(C)(C)C)C12CC3CC(CC(C3)C1)C2. The average molecular weight is 363 g/mol. The van der Waals surface area contributed by atoms with Gasteiger partial charge in [-0.1, -0.05) is 20.8 Å². The number of aliphatic hydroxyl groups is 1. The highest BCUT2D eigenvalue weighted by Gasteiger charge is 2.65. The molecule has 1 atom stereocenters. The van der Waals surface area contributed by atoms with Crippen LogP contribution < -0.4 is 4.74 Å². The van der Waals surface area contributed by atoms with Gasteiger partial charge in [0.1, 0.15) is 11.4 Å². The Morgan fingerprint density at radius 3 is 2.04 bits per heavy atom. The third kappa shape index (κ3) is 2.60. The molecular formula is C22H34O2S. The molecule has 3 heteroatoms. The summed E-state index contributed by atoms with van der Waals surface area (Å²) in [5, 5.41) is 14.6. The van der Waals surface area contributed by atoms with Crippen molar-refractivity contribution < 1.29 is 9.84 Å². The van der Waals surface area contributed by atoms with E-state index in [4.69, 9.17) is 4.74 Å². The maximum Gasteiger partial charge on any atom is 0.136 e. The molecule has 4 fully saturated rings. The van der Waals surface area contributed by atoms with Crippen LogP contribution in [-0.4, -0.2) is 11.2 Å². The van der Waals surface area contributed by atoms with E-state index >= 15 is 0 Å². The second-order valence-electron chi connectivity index (χ2n) is 10.4. The van der Waals surface area contributed by atoms with Gasteiger partial charge in [-0.3, -0.25) is 0 Å². The molecule has 0 saturated heterocycles. The van der Waals surface area contributed by atoms with Crippen LogP contribution in [0.4, 0.5) is 0 Å². The normalized spacial score (nSPS) is 36.7. The first-order valence-electron chi connectivity index (χ1n) is 10.1. The van der Waals surface area contributed by atoms with Gasteiger partial charge in [-0.05, 0) is 87.0 Å². The van der Waals surface area contributed by atoms with Crippen LogP contribution in [0, 0.1) is 28.6 Å².